The maximum absolute atomic E-state index is 6.05. The molecule has 2 fully saturated rings. The van der Waals surface area contributed by atoms with Gasteiger partial charge in [-0.05, 0) is 53.9 Å². The van der Waals surface area contributed by atoms with Gasteiger partial charge in [-0.25, -0.2) is 0 Å². The average molecular weight is 342 g/mol. The van der Waals surface area contributed by atoms with Crippen molar-refractivity contribution in [3.8, 4) is 0 Å². The summed E-state index contributed by atoms with van der Waals surface area (Å²) in [4.78, 5) is 2.48. The van der Waals surface area contributed by atoms with E-state index >= 15 is 0 Å². The van der Waals surface area contributed by atoms with Crippen LogP contribution in [0.15, 0.2) is 0 Å². The third-order valence-corrected chi connectivity index (χ3v) is 4.88. The first-order valence-electron chi connectivity index (χ1n) is 9.68. The van der Waals surface area contributed by atoms with E-state index in [-0.39, 0.29) is 11.1 Å². The lowest BCUT2D eigenvalue weighted by Gasteiger charge is -2.38. The van der Waals surface area contributed by atoms with Crippen molar-refractivity contribution >= 4 is 0 Å². The Bertz CT molecular complexity index is 362. The Hall–Kier alpha value is -0.200. The number of morpholine rings is 1. The van der Waals surface area contributed by atoms with Crippen LogP contribution in [0.3, 0.4) is 0 Å². The summed E-state index contributed by atoms with van der Waals surface area (Å²) >= 11 is 0. The van der Waals surface area contributed by atoms with Gasteiger partial charge in [0.25, 0.3) is 0 Å². The first-order valence-corrected chi connectivity index (χ1v) is 9.68. The van der Waals surface area contributed by atoms with Crippen LogP contribution in [0.25, 0.3) is 0 Å². The van der Waals surface area contributed by atoms with Gasteiger partial charge in [0, 0.05) is 49.9 Å². The highest BCUT2D eigenvalue weighted by atomic mass is 16.5. The summed E-state index contributed by atoms with van der Waals surface area (Å²) in [6.07, 6.45) is 3.66. The van der Waals surface area contributed by atoms with Crippen LogP contribution in [0.5, 0.6) is 0 Å². The van der Waals surface area contributed by atoms with Crippen molar-refractivity contribution in [3.05, 3.63) is 0 Å². The lowest BCUT2D eigenvalue weighted by atomic mass is 9.90. The van der Waals surface area contributed by atoms with E-state index in [0.29, 0.717) is 12.1 Å². The minimum absolute atomic E-state index is 0.112. The van der Waals surface area contributed by atoms with Gasteiger partial charge in [0.05, 0.1) is 19.3 Å². The molecule has 0 aromatic carbocycles. The summed E-state index contributed by atoms with van der Waals surface area (Å²) in [7, 11) is 0. The van der Waals surface area contributed by atoms with E-state index in [4.69, 9.17) is 9.47 Å². The van der Waals surface area contributed by atoms with Gasteiger partial charge in [-0.3, -0.25) is 4.90 Å². The normalized spacial score (nSPS) is 27.4. The zero-order valence-electron chi connectivity index (χ0n) is 16.5. The average Bonchev–Trinajstić information content (AvgIpc) is 2.46. The molecule has 0 aliphatic carbocycles. The first kappa shape index (κ1) is 20.1. The Labute approximate surface area is 148 Å². The summed E-state index contributed by atoms with van der Waals surface area (Å²) < 4.78 is 11.5. The molecule has 2 aliphatic heterocycles. The first-order chi connectivity index (χ1) is 11.2. The Kier molecular flexibility index (Phi) is 7.50. The van der Waals surface area contributed by atoms with Crippen LogP contribution < -0.4 is 10.6 Å². The van der Waals surface area contributed by atoms with E-state index in [2.05, 4.69) is 50.2 Å². The van der Waals surface area contributed by atoms with Crippen LogP contribution >= 0.6 is 0 Å². The fourth-order valence-corrected chi connectivity index (χ4v) is 3.78. The van der Waals surface area contributed by atoms with Gasteiger partial charge < -0.3 is 20.1 Å². The molecule has 2 rings (SSSR count). The van der Waals surface area contributed by atoms with Crippen molar-refractivity contribution in [2.45, 2.75) is 77.1 Å². The van der Waals surface area contributed by atoms with Crippen molar-refractivity contribution in [3.63, 3.8) is 0 Å². The Balaban J connectivity index is 1.69. The van der Waals surface area contributed by atoms with Gasteiger partial charge >= 0.3 is 0 Å². The Morgan fingerprint density at radius 1 is 1.04 bits per heavy atom. The third-order valence-electron chi connectivity index (χ3n) is 4.88. The van der Waals surface area contributed by atoms with Crippen LogP contribution in [0.2, 0.25) is 0 Å². The molecule has 24 heavy (non-hydrogen) atoms. The molecule has 2 heterocycles. The van der Waals surface area contributed by atoms with Crippen LogP contribution in [0.4, 0.5) is 0 Å². The van der Waals surface area contributed by atoms with Crippen molar-refractivity contribution in [1.29, 1.82) is 0 Å². The molecule has 0 aromatic heterocycles. The minimum atomic E-state index is 0.112. The maximum atomic E-state index is 6.05. The van der Waals surface area contributed by atoms with Crippen molar-refractivity contribution in [2.75, 3.05) is 46.0 Å². The summed E-state index contributed by atoms with van der Waals surface area (Å²) in [6.45, 7) is 18.2. The summed E-state index contributed by atoms with van der Waals surface area (Å²) in [5, 5.41) is 7.47. The molecule has 0 aromatic rings. The van der Waals surface area contributed by atoms with E-state index in [1.165, 1.54) is 0 Å². The zero-order valence-corrected chi connectivity index (χ0v) is 16.5. The number of ether oxygens (including phenoxy) is 2. The van der Waals surface area contributed by atoms with Gasteiger partial charge in [-0.2, -0.15) is 0 Å². The molecule has 0 bridgehead atoms. The van der Waals surface area contributed by atoms with Crippen LogP contribution in [0, 0.1) is 0 Å². The van der Waals surface area contributed by atoms with Gasteiger partial charge in [0.15, 0.2) is 0 Å². The fourth-order valence-electron chi connectivity index (χ4n) is 3.78. The van der Waals surface area contributed by atoms with Crippen molar-refractivity contribution in [2.24, 2.45) is 0 Å². The second-order valence-electron chi connectivity index (χ2n) is 9.08. The molecule has 2 unspecified atom stereocenters. The van der Waals surface area contributed by atoms with Gasteiger partial charge in [0.2, 0.25) is 0 Å². The highest BCUT2D eigenvalue weighted by molar-refractivity contribution is 4.88. The van der Waals surface area contributed by atoms with E-state index in [1.807, 2.05) is 0 Å². The predicted molar refractivity (Wildman–Crippen MR) is 99.6 cm³/mol. The highest BCUT2D eigenvalue weighted by Gasteiger charge is 2.30. The van der Waals surface area contributed by atoms with Crippen LogP contribution in [-0.4, -0.2) is 74.1 Å². The molecular weight excluding hydrogens is 302 g/mol. The lowest BCUT2D eigenvalue weighted by molar-refractivity contribution is -0.0193. The van der Waals surface area contributed by atoms with Gasteiger partial charge in [-0.15, -0.1) is 0 Å². The third kappa shape index (κ3) is 7.79. The highest BCUT2D eigenvalue weighted by Crippen LogP contribution is 2.23. The van der Waals surface area contributed by atoms with E-state index in [1.54, 1.807) is 0 Å². The van der Waals surface area contributed by atoms with Crippen molar-refractivity contribution < 1.29 is 9.47 Å². The Morgan fingerprint density at radius 3 is 2.42 bits per heavy atom. The summed E-state index contributed by atoms with van der Waals surface area (Å²) in [5.74, 6) is 0. The van der Waals surface area contributed by atoms with E-state index < -0.39 is 0 Å². The van der Waals surface area contributed by atoms with Gasteiger partial charge in [0.1, 0.15) is 0 Å². The monoisotopic (exact) mass is 341 g/mol. The predicted octanol–water partition coefficient (Wildman–Crippen LogP) is 2.01. The minimum Gasteiger partial charge on any atom is -0.379 e. The quantitative estimate of drug-likeness (QED) is 0.742. The maximum Gasteiger partial charge on any atom is 0.0607 e. The SMILES string of the molecule is CC(C)(C)NC1CCOC(CC(C)(C)NCCN2CCOCC2)C1. The fraction of sp³-hybridized carbons (Fsp3) is 1.00. The molecule has 2 atom stereocenters. The molecule has 0 radical (unpaired) electrons. The van der Waals surface area contributed by atoms with Gasteiger partial charge in [-0.1, -0.05) is 0 Å². The summed E-state index contributed by atoms with van der Waals surface area (Å²) in [5.41, 5.74) is 0.291. The number of hydrogen-bond acceptors (Lipinski definition) is 5. The number of hydrogen-bond donors (Lipinski definition) is 2. The second-order valence-corrected chi connectivity index (χ2v) is 9.08. The van der Waals surface area contributed by atoms with E-state index in [0.717, 1.165) is 65.3 Å². The molecule has 0 spiro atoms. The largest absolute Gasteiger partial charge is 0.379 e. The van der Waals surface area contributed by atoms with E-state index in [9.17, 15) is 0 Å². The molecular formula is C19H39N3O2. The van der Waals surface area contributed by atoms with Crippen LogP contribution in [0.1, 0.15) is 53.9 Å². The molecule has 5 nitrogen and oxygen atoms in total. The second kappa shape index (κ2) is 8.95. The molecule has 5 heteroatoms. The molecule has 2 aliphatic rings. The molecule has 2 N–H and O–H groups in total. The standard InChI is InChI=1S/C19H39N3O2/c1-18(2,3)21-16-6-11-24-17(14-16)15-19(4,5)20-7-8-22-9-12-23-13-10-22/h16-17,20-21H,6-15H2,1-5H3. The number of nitrogens with one attached hydrogen (secondary N) is 2. The smallest absolute Gasteiger partial charge is 0.0607 e. The number of nitrogens with zero attached hydrogens (tertiary/aromatic N) is 1. The molecule has 2 saturated heterocycles. The molecule has 0 saturated carbocycles. The zero-order chi connectivity index (χ0) is 17.6. The topological polar surface area (TPSA) is 45.8 Å². The molecule has 0 amide bonds. The van der Waals surface area contributed by atoms with Crippen molar-refractivity contribution in [1.82, 2.24) is 15.5 Å². The summed E-state index contributed by atoms with van der Waals surface area (Å²) in [6, 6.07) is 0.577. The lowest BCUT2D eigenvalue weighted by Crippen LogP contribution is -2.51. The van der Waals surface area contributed by atoms with Crippen LogP contribution in [-0.2, 0) is 9.47 Å². The molecule has 142 valence electrons. The Morgan fingerprint density at radius 2 is 1.75 bits per heavy atom. The number of rotatable bonds is 7.